The van der Waals surface area contributed by atoms with E-state index in [-0.39, 0.29) is 24.0 Å². The Morgan fingerprint density at radius 2 is 2.04 bits per heavy atom. The van der Waals surface area contributed by atoms with Gasteiger partial charge in [-0.3, -0.25) is 4.99 Å². The molecule has 1 aromatic rings. The molecule has 1 aliphatic heterocycles. The first-order valence-electron chi connectivity index (χ1n) is 9.90. The summed E-state index contributed by atoms with van der Waals surface area (Å²) in [6.07, 6.45) is 10.1. The minimum atomic E-state index is 0. The van der Waals surface area contributed by atoms with E-state index in [9.17, 15) is 0 Å². The van der Waals surface area contributed by atoms with Gasteiger partial charge in [-0.2, -0.15) is 4.98 Å². The van der Waals surface area contributed by atoms with E-state index < -0.39 is 0 Å². The molecule has 1 aromatic heterocycles. The van der Waals surface area contributed by atoms with Gasteiger partial charge in [-0.1, -0.05) is 38.3 Å². The topological polar surface area (TPSA) is 66.5 Å². The highest BCUT2D eigenvalue weighted by atomic mass is 127. The zero-order valence-corrected chi connectivity index (χ0v) is 18.8. The van der Waals surface area contributed by atoms with Gasteiger partial charge in [-0.15, -0.1) is 24.0 Å². The Morgan fingerprint density at radius 1 is 1.27 bits per heavy atom. The first-order valence-corrected chi connectivity index (χ1v) is 9.90. The number of hydrogen-bond acceptors (Lipinski definition) is 4. The first-order chi connectivity index (χ1) is 12.1. The number of aromatic nitrogens is 2. The molecule has 7 heteroatoms. The number of aliphatic imine (C=N–C) groups is 1. The summed E-state index contributed by atoms with van der Waals surface area (Å²) in [6.45, 7) is 7.36. The lowest BCUT2D eigenvalue weighted by molar-refractivity contribution is 0.203. The number of nitrogens with one attached hydrogen (secondary N) is 1. The smallest absolute Gasteiger partial charge is 0.226 e. The highest BCUT2D eigenvalue weighted by molar-refractivity contribution is 14.0. The SMILES string of the molecule is CN=C(NCCCc1nc(C(C)C)no1)N1CCC2(CCCCC2)C1.I. The van der Waals surface area contributed by atoms with Crippen molar-refractivity contribution in [1.29, 1.82) is 0 Å². The van der Waals surface area contributed by atoms with Gasteiger partial charge in [0.1, 0.15) is 0 Å². The van der Waals surface area contributed by atoms with Crippen molar-refractivity contribution in [2.45, 2.75) is 71.1 Å². The van der Waals surface area contributed by atoms with E-state index in [1.165, 1.54) is 45.1 Å². The Kier molecular flexibility index (Phi) is 8.16. The van der Waals surface area contributed by atoms with E-state index >= 15 is 0 Å². The van der Waals surface area contributed by atoms with E-state index in [1.807, 2.05) is 7.05 Å². The molecule has 1 aliphatic carbocycles. The summed E-state index contributed by atoms with van der Waals surface area (Å²) < 4.78 is 5.30. The van der Waals surface area contributed by atoms with Gasteiger partial charge < -0.3 is 14.7 Å². The molecule has 0 radical (unpaired) electrons. The normalized spacial score (nSPS) is 19.8. The van der Waals surface area contributed by atoms with Crippen molar-refractivity contribution < 1.29 is 4.52 Å². The van der Waals surface area contributed by atoms with Crippen LogP contribution < -0.4 is 5.32 Å². The average Bonchev–Trinajstić information content (AvgIpc) is 3.24. The summed E-state index contributed by atoms with van der Waals surface area (Å²) in [4.78, 5) is 11.4. The lowest BCUT2D eigenvalue weighted by Crippen LogP contribution is -2.42. The van der Waals surface area contributed by atoms with Crippen LogP contribution in [0, 0.1) is 5.41 Å². The molecule has 2 heterocycles. The molecule has 1 saturated carbocycles. The summed E-state index contributed by atoms with van der Waals surface area (Å²) in [5.74, 6) is 2.91. The van der Waals surface area contributed by atoms with Crippen molar-refractivity contribution in [2.75, 3.05) is 26.7 Å². The standard InChI is InChI=1S/C19H33N5O.HI/c1-15(2)17-22-16(25-23-17)8-7-12-21-18(20-3)24-13-11-19(14-24)9-5-4-6-10-19;/h15H,4-14H2,1-3H3,(H,20,21);1H. The van der Waals surface area contributed by atoms with Gasteiger partial charge in [-0.25, -0.2) is 0 Å². The van der Waals surface area contributed by atoms with Crippen LogP contribution in [0.1, 0.15) is 76.4 Å². The molecule has 2 fully saturated rings. The van der Waals surface area contributed by atoms with Crippen LogP contribution in [0.4, 0.5) is 0 Å². The zero-order valence-electron chi connectivity index (χ0n) is 16.5. The maximum atomic E-state index is 5.30. The number of halogens is 1. The second-order valence-corrected chi connectivity index (χ2v) is 8.01. The summed E-state index contributed by atoms with van der Waals surface area (Å²) in [7, 11) is 1.89. The Labute approximate surface area is 174 Å². The maximum Gasteiger partial charge on any atom is 0.226 e. The molecule has 1 N–H and O–H groups in total. The van der Waals surface area contributed by atoms with E-state index in [2.05, 4.69) is 39.2 Å². The quantitative estimate of drug-likeness (QED) is 0.302. The summed E-state index contributed by atoms with van der Waals surface area (Å²) in [5, 5.41) is 7.54. The van der Waals surface area contributed by atoms with E-state index in [0.717, 1.165) is 43.6 Å². The second kappa shape index (κ2) is 9.90. The van der Waals surface area contributed by atoms with Gasteiger partial charge in [0.05, 0.1) is 0 Å². The van der Waals surface area contributed by atoms with E-state index in [0.29, 0.717) is 11.3 Å². The highest BCUT2D eigenvalue weighted by Crippen LogP contribution is 2.43. The lowest BCUT2D eigenvalue weighted by Gasteiger charge is -2.33. The molecule has 0 bridgehead atoms. The van der Waals surface area contributed by atoms with Gasteiger partial charge in [-0.05, 0) is 31.1 Å². The van der Waals surface area contributed by atoms with Crippen molar-refractivity contribution >= 4 is 29.9 Å². The highest BCUT2D eigenvalue weighted by Gasteiger charge is 2.39. The van der Waals surface area contributed by atoms with Gasteiger partial charge in [0.25, 0.3) is 0 Å². The molecule has 0 aromatic carbocycles. The van der Waals surface area contributed by atoms with Crippen LogP contribution >= 0.6 is 24.0 Å². The summed E-state index contributed by atoms with van der Waals surface area (Å²) in [5.41, 5.74) is 0.562. The molecular formula is C19H34IN5O. The average molecular weight is 475 g/mol. The van der Waals surface area contributed by atoms with Crippen molar-refractivity contribution in [3.63, 3.8) is 0 Å². The largest absolute Gasteiger partial charge is 0.356 e. The third kappa shape index (κ3) is 5.33. The van der Waals surface area contributed by atoms with Crippen LogP contribution in [0.15, 0.2) is 9.52 Å². The summed E-state index contributed by atoms with van der Waals surface area (Å²) >= 11 is 0. The molecule has 0 unspecified atom stereocenters. The molecular weight excluding hydrogens is 441 g/mol. The Bertz CT molecular complexity index is 580. The first kappa shape index (κ1) is 21.4. The second-order valence-electron chi connectivity index (χ2n) is 8.01. The predicted molar refractivity (Wildman–Crippen MR) is 115 cm³/mol. The molecule has 3 rings (SSSR count). The summed E-state index contributed by atoms with van der Waals surface area (Å²) in [6, 6.07) is 0. The van der Waals surface area contributed by atoms with Crippen molar-refractivity contribution in [1.82, 2.24) is 20.4 Å². The van der Waals surface area contributed by atoms with Crippen LogP contribution in [0.2, 0.25) is 0 Å². The molecule has 1 spiro atoms. The number of nitrogens with zero attached hydrogens (tertiary/aromatic N) is 4. The van der Waals surface area contributed by atoms with E-state index in [1.54, 1.807) is 0 Å². The molecule has 1 saturated heterocycles. The maximum absolute atomic E-state index is 5.30. The Balaban J connectivity index is 0.00000243. The minimum absolute atomic E-state index is 0. The number of likely N-dealkylation sites (tertiary alicyclic amines) is 1. The lowest BCUT2D eigenvalue weighted by atomic mass is 9.73. The number of guanidine groups is 1. The fraction of sp³-hybridized carbons (Fsp3) is 0.842. The van der Waals surface area contributed by atoms with Crippen LogP contribution in [0.3, 0.4) is 0 Å². The van der Waals surface area contributed by atoms with Crippen LogP contribution in [-0.4, -0.2) is 47.7 Å². The van der Waals surface area contributed by atoms with Crippen LogP contribution in [0.25, 0.3) is 0 Å². The van der Waals surface area contributed by atoms with E-state index in [4.69, 9.17) is 4.52 Å². The monoisotopic (exact) mass is 475 g/mol. The number of rotatable bonds is 5. The molecule has 26 heavy (non-hydrogen) atoms. The minimum Gasteiger partial charge on any atom is -0.356 e. The molecule has 2 aliphatic rings. The molecule has 0 atom stereocenters. The third-order valence-corrected chi connectivity index (χ3v) is 5.71. The zero-order chi connectivity index (χ0) is 17.7. The van der Waals surface area contributed by atoms with Crippen molar-refractivity contribution in [3.8, 4) is 0 Å². The Hall–Kier alpha value is -0.860. The number of aryl methyl sites for hydroxylation is 1. The van der Waals surface area contributed by atoms with Crippen LogP contribution in [-0.2, 0) is 6.42 Å². The van der Waals surface area contributed by atoms with Gasteiger partial charge >= 0.3 is 0 Å². The third-order valence-electron chi connectivity index (χ3n) is 5.71. The van der Waals surface area contributed by atoms with Gasteiger partial charge in [0.2, 0.25) is 5.89 Å². The molecule has 0 amide bonds. The fourth-order valence-corrected chi connectivity index (χ4v) is 4.20. The number of hydrogen-bond donors (Lipinski definition) is 1. The van der Waals surface area contributed by atoms with Gasteiger partial charge in [0, 0.05) is 39.0 Å². The fourth-order valence-electron chi connectivity index (χ4n) is 4.20. The van der Waals surface area contributed by atoms with Gasteiger partial charge in [0.15, 0.2) is 11.8 Å². The predicted octanol–water partition coefficient (Wildman–Crippen LogP) is 3.98. The van der Waals surface area contributed by atoms with Crippen LogP contribution in [0.5, 0.6) is 0 Å². The molecule has 6 nitrogen and oxygen atoms in total. The van der Waals surface area contributed by atoms with Crippen molar-refractivity contribution in [2.24, 2.45) is 10.4 Å². The Morgan fingerprint density at radius 3 is 2.69 bits per heavy atom. The van der Waals surface area contributed by atoms with Crippen molar-refractivity contribution in [3.05, 3.63) is 11.7 Å². The molecule has 148 valence electrons.